The van der Waals surface area contributed by atoms with Crippen LogP contribution in [-0.2, 0) is 4.79 Å². The molecule has 0 fully saturated rings. The molecule has 1 amide bonds. The van der Waals surface area contributed by atoms with Gasteiger partial charge in [0.05, 0.1) is 6.54 Å². The maximum atomic E-state index is 12.7. The number of anilines is 1. The van der Waals surface area contributed by atoms with Crippen molar-refractivity contribution in [3.63, 3.8) is 0 Å². The lowest BCUT2D eigenvalue weighted by Gasteiger charge is -2.05. The van der Waals surface area contributed by atoms with Gasteiger partial charge in [-0.1, -0.05) is 12.1 Å². The number of halogens is 1. The Labute approximate surface area is 88.0 Å². The van der Waals surface area contributed by atoms with Crippen LogP contribution in [0, 0.1) is 5.82 Å². The summed E-state index contributed by atoms with van der Waals surface area (Å²) in [5, 5.41) is 5.41. The minimum atomic E-state index is -0.369. The Morgan fingerprint density at radius 1 is 1.53 bits per heavy atom. The maximum absolute atomic E-state index is 12.7. The SMILES string of the molecule is C=CCNCC(=O)Nc1cccc(F)c1. The smallest absolute Gasteiger partial charge is 0.238 e. The fourth-order valence-electron chi connectivity index (χ4n) is 1.06. The van der Waals surface area contributed by atoms with Crippen molar-refractivity contribution in [2.45, 2.75) is 0 Å². The number of carbonyl (C=O) groups excluding carboxylic acids is 1. The van der Waals surface area contributed by atoms with Crippen LogP contribution in [0.25, 0.3) is 0 Å². The monoisotopic (exact) mass is 208 g/mol. The van der Waals surface area contributed by atoms with Crippen molar-refractivity contribution in [2.75, 3.05) is 18.4 Å². The van der Waals surface area contributed by atoms with Gasteiger partial charge in [0.25, 0.3) is 0 Å². The van der Waals surface area contributed by atoms with Crippen molar-refractivity contribution in [1.29, 1.82) is 0 Å². The van der Waals surface area contributed by atoms with E-state index in [-0.39, 0.29) is 18.3 Å². The first-order chi connectivity index (χ1) is 7.22. The van der Waals surface area contributed by atoms with Gasteiger partial charge < -0.3 is 10.6 Å². The molecule has 0 heterocycles. The van der Waals surface area contributed by atoms with Crippen LogP contribution in [0.5, 0.6) is 0 Å². The Morgan fingerprint density at radius 3 is 3.00 bits per heavy atom. The summed E-state index contributed by atoms with van der Waals surface area (Å²) in [4.78, 5) is 11.3. The number of nitrogens with one attached hydrogen (secondary N) is 2. The summed E-state index contributed by atoms with van der Waals surface area (Å²) in [6.07, 6.45) is 1.66. The van der Waals surface area contributed by atoms with Crippen LogP contribution in [-0.4, -0.2) is 19.0 Å². The number of amides is 1. The second-order valence-electron chi connectivity index (χ2n) is 2.98. The zero-order chi connectivity index (χ0) is 11.1. The normalized spacial score (nSPS) is 9.67. The van der Waals surface area contributed by atoms with Gasteiger partial charge in [-0.15, -0.1) is 6.58 Å². The van der Waals surface area contributed by atoms with Gasteiger partial charge >= 0.3 is 0 Å². The third-order valence-corrected chi connectivity index (χ3v) is 1.68. The molecule has 2 N–H and O–H groups in total. The van der Waals surface area contributed by atoms with Gasteiger partial charge in [0, 0.05) is 12.2 Å². The number of carbonyl (C=O) groups is 1. The average molecular weight is 208 g/mol. The molecular formula is C11H13FN2O. The van der Waals surface area contributed by atoms with Gasteiger partial charge in [-0.05, 0) is 18.2 Å². The number of rotatable bonds is 5. The molecule has 80 valence electrons. The maximum Gasteiger partial charge on any atom is 0.238 e. The quantitative estimate of drug-likeness (QED) is 0.569. The highest BCUT2D eigenvalue weighted by Gasteiger charge is 2.01. The summed E-state index contributed by atoms with van der Waals surface area (Å²) < 4.78 is 12.7. The van der Waals surface area contributed by atoms with Crippen LogP contribution in [0.2, 0.25) is 0 Å². The largest absolute Gasteiger partial charge is 0.325 e. The van der Waals surface area contributed by atoms with Crippen LogP contribution in [0.1, 0.15) is 0 Å². The van der Waals surface area contributed by atoms with Crippen molar-refractivity contribution in [3.8, 4) is 0 Å². The van der Waals surface area contributed by atoms with E-state index in [0.717, 1.165) is 0 Å². The predicted octanol–water partition coefficient (Wildman–Crippen LogP) is 1.54. The zero-order valence-electron chi connectivity index (χ0n) is 8.29. The van der Waals surface area contributed by atoms with Crippen molar-refractivity contribution >= 4 is 11.6 Å². The summed E-state index contributed by atoms with van der Waals surface area (Å²) in [7, 11) is 0. The van der Waals surface area contributed by atoms with Crippen molar-refractivity contribution in [3.05, 3.63) is 42.7 Å². The number of benzene rings is 1. The zero-order valence-corrected chi connectivity index (χ0v) is 8.29. The molecule has 0 atom stereocenters. The molecule has 0 radical (unpaired) electrons. The molecule has 0 bridgehead atoms. The summed E-state index contributed by atoms with van der Waals surface area (Å²) in [5.74, 6) is -0.575. The summed E-state index contributed by atoms with van der Waals surface area (Å²) >= 11 is 0. The van der Waals surface area contributed by atoms with Crippen molar-refractivity contribution in [2.24, 2.45) is 0 Å². The molecule has 0 aromatic heterocycles. The topological polar surface area (TPSA) is 41.1 Å². The molecule has 1 aromatic rings. The Kier molecular flexibility index (Phi) is 4.50. The summed E-state index contributed by atoms with van der Waals surface area (Å²) in [6.45, 7) is 4.26. The van der Waals surface area contributed by atoms with E-state index in [9.17, 15) is 9.18 Å². The molecule has 0 saturated carbocycles. The van der Waals surface area contributed by atoms with E-state index in [1.165, 1.54) is 12.1 Å². The lowest BCUT2D eigenvalue weighted by Crippen LogP contribution is -2.28. The van der Waals surface area contributed by atoms with E-state index in [1.54, 1.807) is 18.2 Å². The highest BCUT2D eigenvalue weighted by atomic mass is 19.1. The van der Waals surface area contributed by atoms with E-state index in [1.807, 2.05) is 0 Å². The van der Waals surface area contributed by atoms with Gasteiger partial charge in [0.2, 0.25) is 5.91 Å². The summed E-state index contributed by atoms with van der Waals surface area (Å²) in [5.41, 5.74) is 0.459. The van der Waals surface area contributed by atoms with Crippen LogP contribution in [0.3, 0.4) is 0 Å². The van der Waals surface area contributed by atoms with E-state index in [0.29, 0.717) is 12.2 Å². The fraction of sp³-hybridized carbons (Fsp3) is 0.182. The van der Waals surface area contributed by atoms with Crippen LogP contribution >= 0.6 is 0 Å². The van der Waals surface area contributed by atoms with Crippen molar-refractivity contribution in [1.82, 2.24) is 5.32 Å². The number of hydrogen-bond acceptors (Lipinski definition) is 2. The average Bonchev–Trinajstić information content (AvgIpc) is 2.18. The second-order valence-corrected chi connectivity index (χ2v) is 2.98. The molecule has 0 unspecified atom stereocenters. The lowest BCUT2D eigenvalue weighted by molar-refractivity contribution is -0.115. The standard InChI is InChI=1S/C11H13FN2O/c1-2-6-13-8-11(15)14-10-5-3-4-9(12)7-10/h2-5,7,13H,1,6,8H2,(H,14,15). The van der Waals surface area contributed by atoms with E-state index >= 15 is 0 Å². The third kappa shape index (κ3) is 4.37. The predicted molar refractivity (Wildman–Crippen MR) is 58.1 cm³/mol. The molecular weight excluding hydrogens is 195 g/mol. The molecule has 0 aliphatic rings. The molecule has 0 spiro atoms. The minimum Gasteiger partial charge on any atom is -0.325 e. The van der Waals surface area contributed by atoms with E-state index < -0.39 is 0 Å². The first-order valence-corrected chi connectivity index (χ1v) is 4.59. The highest BCUT2D eigenvalue weighted by molar-refractivity contribution is 5.92. The van der Waals surface area contributed by atoms with Gasteiger partial charge in [-0.2, -0.15) is 0 Å². The fourth-order valence-corrected chi connectivity index (χ4v) is 1.06. The first-order valence-electron chi connectivity index (χ1n) is 4.59. The molecule has 1 rings (SSSR count). The van der Waals surface area contributed by atoms with Gasteiger partial charge in [-0.3, -0.25) is 4.79 Å². The third-order valence-electron chi connectivity index (χ3n) is 1.68. The molecule has 4 heteroatoms. The highest BCUT2D eigenvalue weighted by Crippen LogP contribution is 2.08. The number of hydrogen-bond donors (Lipinski definition) is 2. The molecule has 15 heavy (non-hydrogen) atoms. The Balaban J connectivity index is 2.40. The summed E-state index contributed by atoms with van der Waals surface area (Å²) in [6, 6.07) is 5.77. The van der Waals surface area contributed by atoms with Crippen LogP contribution < -0.4 is 10.6 Å². The minimum absolute atomic E-state index is 0.183. The molecule has 3 nitrogen and oxygen atoms in total. The van der Waals surface area contributed by atoms with E-state index in [2.05, 4.69) is 17.2 Å². The van der Waals surface area contributed by atoms with Crippen LogP contribution in [0.15, 0.2) is 36.9 Å². The van der Waals surface area contributed by atoms with E-state index in [4.69, 9.17) is 0 Å². The van der Waals surface area contributed by atoms with Crippen molar-refractivity contribution < 1.29 is 9.18 Å². The second kappa shape index (κ2) is 5.93. The molecule has 1 aromatic carbocycles. The Morgan fingerprint density at radius 2 is 2.33 bits per heavy atom. The van der Waals surface area contributed by atoms with Gasteiger partial charge in [-0.25, -0.2) is 4.39 Å². The Hall–Kier alpha value is -1.68. The molecule has 0 aliphatic heterocycles. The molecule has 0 saturated heterocycles. The first kappa shape index (κ1) is 11.4. The lowest BCUT2D eigenvalue weighted by atomic mass is 10.3. The van der Waals surface area contributed by atoms with Gasteiger partial charge in [0.15, 0.2) is 0 Å². The van der Waals surface area contributed by atoms with Crippen LogP contribution in [0.4, 0.5) is 10.1 Å². The molecule has 0 aliphatic carbocycles. The Bertz CT molecular complexity index is 352. The van der Waals surface area contributed by atoms with Gasteiger partial charge in [0.1, 0.15) is 5.82 Å².